The number of nitrogens with one attached hydrogen (secondary N) is 2. The third-order valence-electron chi connectivity index (χ3n) is 3.45. The van der Waals surface area contributed by atoms with Crippen LogP contribution in [0.3, 0.4) is 0 Å². The lowest BCUT2D eigenvalue weighted by molar-refractivity contribution is -0.137. The standard InChI is InChI=1S/C14H16N2O3/c1-9(17)15-11-5-3-10(4-6-11)14(2)8-7-12(18)16-13(14)19/h3-6H,7-8H2,1-2H3,(H,15,17)(H,16,18,19). The van der Waals surface area contributed by atoms with Crippen molar-refractivity contribution in [2.24, 2.45) is 0 Å². The SMILES string of the molecule is CC(=O)Nc1ccc(C2(C)CCC(=O)NC2=O)cc1. The molecule has 1 aliphatic heterocycles. The molecular formula is C14H16N2O3. The molecule has 5 heteroatoms. The molecule has 0 bridgehead atoms. The summed E-state index contributed by atoms with van der Waals surface area (Å²) in [6.45, 7) is 3.26. The van der Waals surface area contributed by atoms with Crippen LogP contribution >= 0.6 is 0 Å². The first-order valence-electron chi connectivity index (χ1n) is 6.14. The Morgan fingerprint density at radius 2 is 1.89 bits per heavy atom. The maximum Gasteiger partial charge on any atom is 0.236 e. The van der Waals surface area contributed by atoms with Crippen molar-refractivity contribution in [1.29, 1.82) is 0 Å². The minimum atomic E-state index is -0.692. The molecule has 19 heavy (non-hydrogen) atoms. The molecule has 2 rings (SSSR count). The van der Waals surface area contributed by atoms with Gasteiger partial charge in [-0.1, -0.05) is 12.1 Å². The van der Waals surface area contributed by atoms with Crippen molar-refractivity contribution in [3.05, 3.63) is 29.8 Å². The highest BCUT2D eigenvalue weighted by atomic mass is 16.2. The van der Waals surface area contributed by atoms with Gasteiger partial charge in [-0.3, -0.25) is 19.7 Å². The highest BCUT2D eigenvalue weighted by Gasteiger charge is 2.39. The number of carbonyl (C=O) groups is 3. The fourth-order valence-corrected chi connectivity index (χ4v) is 2.20. The van der Waals surface area contributed by atoms with E-state index in [1.807, 2.05) is 6.92 Å². The molecule has 0 saturated carbocycles. The Morgan fingerprint density at radius 1 is 1.26 bits per heavy atom. The minimum Gasteiger partial charge on any atom is -0.326 e. The van der Waals surface area contributed by atoms with Crippen LogP contribution in [-0.2, 0) is 19.8 Å². The molecule has 1 saturated heterocycles. The molecule has 0 aromatic heterocycles. The summed E-state index contributed by atoms with van der Waals surface area (Å²) in [7, 11) is 0. The van der Waals surface area contributed by atoms with Gasteiger partial charge < -0.3 is 5.32 Å². The van der Waals surface area contributed by atoms with E-state index in [0.717, 1.165) is 5.56 Å². The zero-order valence-electron chi connectivity index (χ0n) is 10.9. The van der Waals surface area contributed by atoms with Gasteiger partial charge in [-0.25, -0.2) is 0 Å². The second-order valence-electron chi connectivity index (χ2n) is 4.97. The number of carbonyl (C=O) groups excluding carboxylic acids is 3. The van der Waals surface area contributed by atoms with E-state index in [1.165, 1.54) is 6.92 Å². The molecular weight excluding hydrogens is 244 g/mol. The molecule has 100 valence electrons. The maximum atomic E-state index is 12.0. The van der Waals surface area contributed by atoms with E-state index in [0.29, 0.717) is 18.5 Å². The van der Waals surface area contributed by atoms with Crippen molar-refractivity contribution < 1.29 is 14.4 Å². The summed E-state index contributed by atoms with van der Waals surface area (Å²) in [5, 5.41) is 5.04. The van der Waals surface area contributed by atoms with Crippen LogP contribution < -0.4 is 10.6 Å². The van der Waals surface area contributed by atoms with Crippen LogP contribution in [0.2, 0.25) is 0 Å². The third-order valence-corrected chi connectivity index (χ3v) is 3.45. The number of hydrogen-bond acceptors (Lipinski definition) is 3. The van der Waals surface area contributed by atoms with Gasteiger partial charge in [-0.05, 0) is 31.0 Å². The van der Waals surface area contributed by atoms with Crippen molar-refractivity contribution in [2.75, 3.05) is 5.32 Å². The summed E-state index contributed by atoms with van der Waals surface area (Å²) in [4.78, 5) is 34.1. The molecule has 1 atom stereocenters. The number of rotatable bonds is 2. The first kappa shape index (κ1) is 13.3. The van der Waals surface area contributed by atoms with Gasteiger partial charge in [0, 0.05) is 19.0 Å². The van der Waals surface area contributed by atoms with Gasteiger partial charge in [-0.2, -0.15) is 0 Å². The average molecular weight is 260 g/mol. The quantitative estimate of drug-likeness (QED) is 0.788. The molecule has 1 aromatic rings. The van der Waals surface area contributed by atoms with Crippen LogP contribution in [0.15, 0.2) is 24.3 Å². The van der Waals surface area contributed by atoms with Gasteiger partial charge >= 0.3 is 0 Å². The molecule has 1 aromatic carbocycles. The molecule has 1 aliphatic rings. The van der Waals surface area contributed by atoms with Crippen molar-refractivity contribution in [1.82, 2.24) is 5.32 Å². The zero-order chi connectivity index (χ0) is 14.0. The second kappa shape index (κ2) is 4.84. The lowest BCUT2D eigenvalue weighted by Gasteiger charge is -2.32. The lowest BCUT2D eigenvalue weighted by Crippen LogP contribution is -2.49. The van der Waals surface area contributed by atoms with Crippen molar-refractivity contribution in [3.63, 3.8) is 0 Å². The zero-order valence-corrected chi connectivity index (χ0v) is 10.9. The van der Waals surface area contributed by atoms with Gasteiger partial charge in [0.1, 0.15) is 0 Å². The van der Waals surface area contributed by atoms with Gasteiger partial charge in [0.25, 0.3) is 0 Å². The van der Waals surface area contributed by atoms with Gasteiger partial charge in [0.05, 0.1) is 5.41 Å². The van der Waals surface area contributed by atoms with Gasteiger partial charge in [0.15, 0.2) is 0 Å². The average Bonchev–Trinajstić information content (AvgIpc) is 2.34. The summed E-state index contributed by atoms with van der Waals surface area (Å²) < 4.78 is 0. The first-order chi connectivity index (χ1) is 8.91. The molecule has 1 unspecified atom stereocenters. The summed E-state index contributed by atoms with van der Waals surface area (Å²) in [6.07, 6.45) is 0.840. The van der Waals surface area contributed by atoms with Crippen molar-refractivity contribution in [2.45, 2.75) is 32.1 Å². The van der Waals surface area contributed by atoms with Crippen molar-refractivity contribution >= 4 is 23.4 Å². The van der Waals surface area contributed by atoms with Crippen LogP contribution in [0.1, 0.15) is 32.3 Å². The molecule has 0 aliphatic carbocycles. The Balaban J connectivity index is 2.23. The number of amides is 3. The Morgan fingerprint density at radius 3 is 2.42 bits per heavy atom. The van der Waals surface area contributed by atoms with E-state index in [4.69, 9.17) is 0 Å². The van der Waals surface area contributed by atoms with E-state index in [-0.39, 0.29) is 17.7 Å². The van der Waals surface area contributed by atoms with Gasteiger partial charge in [0.2, 0.25) is 17.7 Å². The van der Waals surface area contributed by atoms with Crippen molar-refractivity contribution in [3.8, 4) is 0 Å². The number of hydrogen-bond donors (Lipinski definition) is 2. The second-order valence-corrected chi connectivity index (χ2v) is 4.97. The number of benzene rings is 1. The molecule has 1 heterocycles. The fraction of sp³-hybridized carbons (Fsp3) is 0.357. The predicted molar refractivity (Wildman–Crippen MR) is 70.5 cm³/mol. The van der Waals surface area contributed by atoms with Crippen LogP contribution in [-0.4, -0.2) is 17.7 Å². The summed E-state index contributed by atoms with van der Waals surface area (Å²) in [5.41, 5.74) is 0.835. The lowest BCUT2D eigenvalue weighted by atomic mass is 9.75. The van der Waals surface area contributed by atoms with Crippen LogP contribution in [0.5, 0.6) is 0 Å². The molecule has 0 spiro atoms. The Hall–Kier alpha value is -2.17. The van der Waals surface area contributed by atoms with E-state index >= 15 is 0 Å². The highest BCUT2D eigenvalue weighted by Crippen LogP contribution is 2.32. The van der Waals surface area contributed by atoms with E-state index in [9.17, 15) is 14.4 Å². The summed E-state index contributed by atoms with van der Waals surface area (Å²) in [6, 6.07) is 7.12. The summed E-state index contributed by atoms with van der Waals surface area (Å²) in [5.74, 6) is -0.631. The van der Waals surface area contributed by atoms with E-state index < -0.39 is 5.41 Å². The van der Waals surface area contributed by atoms with E-state index in [2.05, 4.69) is 10.6 Å². The Bertz CT molecular complexity index is 536. The predicted octanol–water partition coefficient (Wildman–Crippen LogP) is 1.34. The Labute approximate surface area is 111 Å². The number of imide groups is 1. The largest absolute Gasteiger partial charge is 0.326 e. The minimum absolute atomic E-state index is 0.139. The monoisotopic (exact) mass is 260 g/mol. The molecule has 5 nitrogen and oxygen atoms in total. The third kappa shape index (κ3) is 2.65. The topological polar surface area (TPSA) is 75.3 Å². The highest BCUT2D eigenvalue weighted by molar-refractivity contribution is 6.03. The Kier molecular flexibility index (Phi) is 3.38. The van der Waals surface area contributed by atoms with Crippen LogP contribution in [0.25, 0.3) is 0 Å². The molecule has 3 amide bonds. The summed E-state index contributed by atoms with van der Waals surface area (Å²) >= 11 is 0. The van der Waals surface area contributed by atoms with Crippen LogP contribution in [0.4, 0.5) is 5.69 Å². The number of piperidine rings is 1. The molecule has 2 N–H and O–H groups in total. The first-order valence-corrected chi connectivity index (χ1v) is 6.14. The fourth-order valence-electron chi connectivity index (χ4n) is 2.20. The normalized spacial score (nSPS) is 22.8. The molecule has 0 radical (unpaired) electrons. The maximum absolute atomic E-state index is 12.0. The molecule has 1 fully saturated rings. The smallest absolute Gasteiger partial charge is 0.236 e. The van der Waals surface area contributed by atoms with E-state index in [1.54, 1.807) is 24.3 Å². The number of anilines is 1. The van der Waals surface area contributed by atoms with Gasteiger partial charge in [-0.15, -0.1) is 0 Å². The van der Waals surface area contributed by atoms with Crippen LogP contribution in [0, 0.1) is 0 Å².